The largest absolute Gasteiger partial charge is 0.493 e. The summed E-state index contributed by atoms with van der Waals surface area (Å²) in [5.74, 6) is 0.957. The zero-order valence-electron chi connectivity index (χ0n) is 10.9. The summed E-state index contributed by atoms with van der Waals surface area (Å²) in [6.07, 6.45) is 4.69. The van der Waals surface area contributed by atoms with E-state index in [-0.39, 0.29) is 6.04 Å². The van der Waals surface area contributed by atoms with E-state index in [4.69, 9.17) is 10.5 Å². The zero-order chi connectivity index (χ0) is 12.7. The number of rotatable bonds is 7. The monoisotopic (exact) mass is 233 g/mol. The molecule has 1 aromatic rings. The zero-order valence-corrected chi connectivity index (χ0v) is 10.9. The fourth-order valence-corrected chi connectivity index (χ4v) is 1.73. The molecule has 0 amide bonds. The Balaban J connectivity index is 2.94. The standard InChI is InChI=1S/C15H23NO/c1-4-7-13-11-12(14(16)6-3)8-9-15(13)17-10-5-2/h4,8-9,11,14H,1,5-7,10,16H2,2-3H3. The van der Waals surface area contributed by atoms with Gasteiger partial charge in [-0.3, -0.25) is 0 Å². The van der Waals surface area contributed by atoms with E-state index in [1.165, 1.54) is 11.1 Å². The third kappa shape index (κ3) is 3.90. The molecule has 0 saturated carbocycles. The van der Waals surface area contributed by atoms with Gasteiger partial charge in [0.2, 0.25) is 0 Å². The fraction of sp³-hybridized carbons (Fsp3) is 0.467. The quantitative estimate of drug-likeness (QED) is 0.730. The molecule has 0 bridgehead atoms. The highest BCUT2D eigenvalue weighted by molar-refractivity contribution is 5.39. The van der Waals surface area contributed by atoms with Crippen LogP contribution in [0.5, 0.6) is 5.75 Å². The van der Waals surface area contributed by atoms with E-state index in [2.05, 4.69) is 32.6 Å². The second-order valence-corrected chi connectivity index (χ2v) is 4.22. The summed E-state index contributed by atoms with van der Waals surface area (Å²) >= 11 is 0. The first-order chi connectivity index (χ1) is 8.22. The van der Waals surface area contributed by atoms with Gasteiger partial charge in [-0.05, 0) is 36.5 Å². The normalized spacial score (nSPS) is 12.2. The van der Waals surface area contributed by atoms with Crippen molar-refractivity contribution in [1.29, 1.82) is 0 Å². The summed E-state index contributed by atoms with van der Waals surface area (Å²) in [6.45, 7) is 8.74. The van der Waals surface area contributed by atoms with Gasteiger partial charge in [0, 0.05) is 6.04 Å². The van der Waals surface area contributed by atoms with Crippen molar-refractivity contribution in [2.75, 3.05) is 6.61 Å². The van der Waals surface area contributed by atoms with Gasteiger partial charge in [-0.1, -0.05) is 32.1 Å². The third-order valence-corrected chi connectivity index (χ3v) is 2.78. The maximum atomic E-state index is 6.04. The predicted molar refractivity (Wildman–Crippen MR) is 73.3 cm³/mol. The number of ether oxygens (including phenoxy) is 1. The molecule has 1 unspecified atom stereocenters. The number of allylic oxidation sites excluding steroid dienone is 1. The Morgan fingerprint density at radius 1 is 1.41 bits per heavy atom. The lowest BCUT2D eigenvalue weighted by Gasteiger charge is -2.14. The van der Waals surface area contributed by atoms with Crippen LogP contribution < -0.4 is 10.5 Å². The average Bonchev–Trinajstić information content (AvgIpc) is 2.36. The minimum absolute atomic E-state index is 0.110. The van der Waals surface area contributed by atoms with Crippen LogP contribution in [0.15, 0.2) is 30.9 Å². The number of hydrogen-bond donors (Lipinski definition) is 1. The molecule has 94 valence electrons. The van der Waals surface area contributed by atoms with Crippen LogP contribution in [0, 0.1) is 0 Å². The summed E-state index contributed by atoms with van der Waals surface area (Å²) in [7, 11) is 0. The van der Waals surface area contributed by atoms with Crippen LogP contribution in [0.4, 0.5) is 0 Å². The highest BCUT2D eigenvalue weighted by Gasteiger charge is 2.08. The van der Waals surface area contributed by atoms with Gasteiger partial charge in [0.15, 0.2) is 0 Å². The van der Waals surface area contributed by atoms with Gasteiger partial charge in [0.05, 0.1) is 6.61 Å². The summed E-state index contributed by atoms with van der Waals surface area (Å²) in [4.78, 5) is 0. The molecule has 0 aliphatic rings. The lowest BCUT2D eigenvalue weighted by Crippen LogP contribution is -2.09. The van der Waals surface area contributed by atoms with E-state index < -0.39 is 0 Å². The van der Waals surface area contributed by atoms with E-state index in [0.29, 0.717) is 0 Å². The second kappa shape index (κ2) is 7.13. The average molecular weight is 233 g/mol. The van der Waals surface area contributed by atoms with Crippen LogP contribution in [0.1, 0.15) is 43.9 Å². The van der Waals surface area contributed by atoms with Crippen molar-refractivity contribution in [2.45, 2.75) is 39.2 Å². The van der Waals surface area contributed by atoms with Crippen molar-refractivity contribution in [3.05, 3.63) is 42.0 Å². The van der Waals surface area contributed by atoms with E-state index in [9.17, 15) is 0 Å². The summed E-state index contributed by atoms with van der Waals surface area (Å²) in [5.41, 5.74) is 8.39. The first kappa shape index (κ1) is 13.8. The Bertz CT molecular complexity index is 360. The Morgan fingerprint density at radius 2 is 2.18 bits per heavy atom. The molecule has 2 N–H and O–H groups in total. The van der Waals surface area contributed by atoms with Gasteiger partial charge in [0.1, 0.15) is 5.75 Å². The number of benzene rings is 1. The first-order valence-electron chi connectivity index (χ1n) is 6.35. The molecule has 17 heavy (non-hydrogen) atoms. The molecule has 0 saturated heterocycles. The van der Waals surface area contributed by atoms with Crippen molar-refractivity contribution in [2.24, 2.45) is 5.73 Å². The van der Waals surface area contributed by atoms with E-state index >= 15 is 0 Å². The van der Waals surface area contributed by atoms with Crippen LogP contribution in [0.25, 0.3) is 0 Å². The van der Waals surface area contributed by atoms with Crippen LogP contribution in [-0.2, 0) is 6.42 Å². The molecule has 2 nitrogen and oxygen atoms in total. The second-order valence-electron chi connectivity index (χ2n) is 4.22. The van der Waals surface area contributed by atoms with E-state index in [0.717, 1.165) is 31.6 Å². The van der Waals surface area contributed by atoms with Crippen molar-refractivity contribution in [3.63, 3.8) is 0 Å². The topological polar surface area (TPSA) is 35.2 Å². The maximum absolute atomic E-state index is 6.04. The molecule has 0 fully saturated rings. The van der Waals surface area contributed by atoms with Crippen LogP contribution >= 0.6 is 0 Å². The highest BCUT2D eigenvalue weighted by atomic mass is 16.5. The van der Waals surface area contributed by atoms with Crippen molar-refractivity contribution < 1.29 is 4.74 Å². The Morgan fingerprint density at radius 3 is 2.76 bits per heavy atom. The number of nitrogens with two attached hydrogens (primary N) is 1. The van der Waals surface area contributed by atoms with Gasteiger partial charge in [-0.15, -0.1) is 6.58 Å². The van der Waals surface area contributed by atoms with Crippen LogP contribution in [-0.4, -0.2) is 6.61 Å². The molecule has 0 aliphatic heterocycles. The van der Waals surface area contributed by atoms with Crippen molar-refractivity contribution in [1.82, 2.24) is 0 Å². The lowest BCUT2D eigenvalue weighted by molar-refractivity contribution is 0.314. The van der Waals surface area contributed by atoms with Crippen molar-refractivity contribution >= 4 is 0 Å². The molecule has 1 aromatic carbocycles. The molecule has 0 aromatic heterocycles. The summed E-state index contributed by atoms with van der Waals surface area (Å²) in [6, 6.07) is 6.34. The Hall–Kier alpha value is -1.28. The molecule has 2 heteroatoms. The maximum Gasteiger partial charge on any atom is 0.122 e. The molecule has 0 heterocycles. The highest BCUT2D eigenvalue weighted by Crippen LogP contribution is 2.24. The van der Waals surface area contributed by atoms with Crippen molar-refractivity contribution in [3.8, 4) is 5.75 Å². The first-order valence-corrected chi connectivity index (χ1v) is 6.35. The molecular formula is C15H23NO. The van der Waals surface area contributed by atoms with Gasteiger partial charge in [-0.2, -0.15) is 0 Å². The van der Waals surface area contributed by atoms with Gasteiger partial charge < -0.3 is 10.5 Å². The van der Waals surface area contributed by atoms with Crippen LogP contribution in [0.2, 0.25) is 0 Å². The Labute approximate surface area is 104 Å². The molecule has 0 spiro atoms. The predicted octanol–water partition coefficient (Wildman–Crippen LogP) is 3.61. The smallest absolute Gasteiger partial charge is 0.122 e. The van der Waals surface area contributed by atoms with E-state index in [1.807, 2.05) is 12.1 Å². The lowest BCUT2D eigenvalue weighted by atomic mass is 10.0. The molecular weight excluding hydrogens is 210 g/mol. The fourth-order valence-electron chi connectivity index (χ4n) is 1.73. The molecule has 1 rings (SSSR count). The minimum atomic E-state index is 0.110. The number of hydrogen-bond acceptors (Lipinski definition) is 2. The molecule has 0 aliphatic carbocycles. The van der Waals surface area contributed by atoms with Gasteiger partial charge in [0.25, 0.3) is 0 Å². The molecule has 0 radical (unpaired) electrons. The molecule has 1 atom stereocenters. The van der Waals surface area contributed by atoms with Gasteiger partial charge >= 0.3 is 0 Å². The summed E-state index contributed by atoms with van der Waals surface area (Å²) in [5, 5.41) is 0. The summed E-state index contributed by atoms with van der Waals surface area (Å²) < 4.78 is 5.72. The van der Waals surface area contributed by atoms with Crippen LogP contribution in [0.3, 0.4) is 0 Å². The minimum Gasteiger partial charge on any atom is -0.493 e. The third-order valence-electron chi connectivity index (χ3n) is 2.78. The Kier molecular flexibility index (Phi) is 5.78. The SMILES string of the molecule is C=CCc1cc(C(N)CC)ccc1OCCC. The van der Waals surface area contributed by atoms with Gasteiger partial charge in [-0.25, -0.2) is 0 Å². The van der Waals surface area contributed by atoms with E-state index in [1.54, 1.807) is 0 Å².